The molecule has 0 spiro atoms. The van der Waals surface area contributed by atoms with Crippen molar-refractivity contribution in [3.8, 4) is 0 Å². The van der Waals surface area contributed by atoms with Crippen LogP contribution in [0.25, 0.3) is 0 Å². The topological polar surface area (TPSA) is 23.5 Å². The van der Waals surface area contributed by atoms with E-state index in [1.807, 2.05) is 0 Å². The number of fused-ring (bicyclic) bond motifs is 3. The number of hydrogen-bond donors (Lipinski definition) is 1. The Bertz CT molecular complexity index is 415. The smallest absolute Gasteiger partial charge is 0.0727 e. The Morgan fingerprint density at radius 3 is 2.32 bits per heavy atom. The van der Waals surface area contributed by atoms with Gasteiger partial charge in [0, 0.05) is 6.04 Å². The van der Waals surface area contributed by atoms with Crippen molar-refractivity contribution in [1.82, 2.24) is 4.90 Å². The summed E-state index contributed by atoms with van der Waals surface area (Å²) in [6, 6.07) is 9.31. The van der Waals surface area contributed by atoms with Crippen molar-refractivity contribution in [3.63, 3.8) is 0 Å². The molecule has 0 amide bonds. The lowest BCUT2D eigenvalue weighted by Crippen LogP contribution is -2.58. The lowest BCUT2D eigenvalue weighted by atomic mass is 9.78. The average molecular weight is 259 g/mol. The molecular formula is C17H25NO. The van der Waals surface area contributed by atoms with E-state index >= 15 is 0 Å². The largest absolute Gasteiger partial charge is 0.391 e. The van der Waals surface area contributed by atoms with Crippen molar-refractivity contribution in [3.05, 3.63) is 35.4 Å². The second-order valence-electron chi connectivity index (χ2n) is 6.53. The number of aliphatic hydroxyl groups excluding tert-OH is 1. The first kappa shape index (κ1) is 13.1. The van der Waals surface area contributed by atoms with E-state index in [0.717, 1.165) is 6.42 Å². The van der Waals surface area contributed by atoms with Crippen LogP contribution in [0.1, 0.15) is 43.7 Å². The normalized spacial score (nSPS) is 33.9. The third kappa shape index (κ3) is 2.56. The van der Waals surface area contributed by atoms with Gasteiger partial charge in [-0.3, -0.25) is 4.90 Å². The molecule has 3 saturated heterocycles. The van der Waals surface area contributed by atoms with Crippen molar-refractivity contribution in [2.45, 2.75) is 51.2 Å². The Balaban J connectivity index is 1.70. The van der Waals surface area contributed by atoms with Crippen LogP contribution in [0.5, 0.6) is 0 Å². The van der Waals surface area contributed by atoms with Gasteiger partial charge in [-0.05, 0) is 55.3 Å². The van der Waals surface area contributed by atoms with Gasteiger partial charge in [0.2, 0.25) is 0 Å². The lowest BCUT2D eigenvalue weighted by molar-refractivity contribution is -0.0715. The third-order valence-corrected chi connectivity index (χ3v) is 5.01. The van der Waals surface area contributed by atoms with Crippen molar-refractivity contribution in [2.24, 2.45) is 5.92 Å². The lowest BCUT2D eigenvalue weighted by Gasteiger charge is -2.49. The van der Waals surface area contributed by atoms with Crippen molar-refractivity contribution >= 4 is 0 Å². The number of piperidine rings is 3. The number of benzene rings is 1. The van der Waals surface area contributed by atoms with Gasteiger partial charge in [-0.15, -0.1) is 0 Å². The fourth-order valence-electron chi connectivity index (χ4n) is 3.65. The molecule has 0 aromatic heterocycles. The molecule has 2 heteroatoms. The molecule has 1 N–H and O–H groups in total. The van der Waals surface area contributed by atoms with Gasteiger partial charge in [-0.25, -0.2) is 0 Å². The number of nitrogens with zero attached hydrogens (tertiary/aromatic N) is 1. The van der Waals surface area contributed by atoms with Crippen molar-refractivity contribution in [2.75, 3.05) is 13.1 Å². The average Bonchev–Trinajstić information content (AvgIpc) is 2.44. The standard InChI is InChI=1S/C17H25NO/c1-12(2)14-5-3-13(4-6-14)11-16-17(19)15-7-9-18(16)10-8-15/h3-6,12,15-17,19H,7-11H2,1-2H3. The van der Waals surface area contributed by atoms with Crippen LogP contribution in [0.4, 0.5) is 0 Å². The molecule has 19 heavy (non-hydrogen) atoms. The number of hydrogen-bond acceptors (Lipinski definition) is 2. The van der Waals surface area contributed by atoms with Gasteiger partial charge < -0.3 is 5.11 Å². The molecule has 4 rings (SSSR count). The van der Waals surface area contributed by atoms with Crippen LogP contribution in [0.15, 0.2) is 24.3 Å². The summed E-state index contributed by atoms with van der Waals surface area (Å²) in [6.45, 7) is 6.81. The molecule has 2 bridgehead atoms. The minimum atomic E-state index is -0.118. The monoisotopic (exact) mass is 259 g/mol. The Morgan fingerprint density at radius 1 is 1.16 bits per heavy atom. The SMILES string of the molecule is CC(C)c1ccc(CC2C(O)C3CCN2CC3)cc1. The summed E-state index contributed by atoms with van der Waals surface area (Å²) in [5.41, 5.74) is 2.76. The van der Waals surface area contributed by atoms with Crippen LogP contribution < -0.4 is 0 Å². The Kier molecular flexibility index (Phi) is 3.64. The van der Waals surface area contributed by atoms with Gasteiger partial charge in [0.25, 0.3) is 0 Å². The van der Waals surface area contributed by atoms with Crippen molar-refractivity contribution < 1.29 is 5.11 Å². The fourth-order valence-corrected chi connectivity index (χ4v) is 3.65. The summed E-state index contributed by atoms with van der Waals surface area (Å²) >= 11 is 0. The molecule has 3 fully saturated rings. The highest BCUT2D eigenvalue weighted by atomic mass is 16.3. The molecule has 2 atom stereocenters. The van der Waals surface area contributed by atoms with Crippen LogP contribution in [0.2, 0.25) is 0 Å². The number of rotatable bonds is 3. The van der Waals surface area contributed by atoms with Gasteiger partial charge in [-0.2, -0.15) is 0 Å². The first-order valence-corrected chi connectivity index (χ1v) is 7.66. The van der Waals surface area contributed by atoms with Crippen LogP contribution in [0.3, 0.4) is 0 Å². The summed E-state index contributed by atoms with van der Waals surface area (Å²) in [5, 5.41) is 10.4. The van der Waals surface area contributed by atoms with E-state index in [9.17, 15) is 5.11 Å². The van der Waals surface area contributed by atoms with E-state index in [1.165, 1.54) is 37.1 Å². The quantitative estimate of drug-likeness (QED) is 0.902. The maximum absolute atomic E-state index is 10.4. The zero-order valence-electron chi connectivity index (χ0n) is 12.0. The molecule has 3 aliphatic heterocycles. The van der Waals surface area contributed by atoms with Crippen LogP contribution in [-0.4, -0.2) is 35.2 Å². The first-order chi connectivity index (χ1) is 9.15. The molecular weight excluding hydrogens is 234 g/mol. The highest BCUT2D eigenvalue weighted by Crippen LogP contribution is 2.33. The third-order valence-electron chi connectivity index (χ3n) is 5.01. The first-order valence-electron chi connectivity index (χ1n) is 7.66. The van der Waals surface area contributed by atoms with Crippen LogP contribution >= 0.6 is 0 Å². The zero-order chi connectivity index (χ0) is 13.4. The predicted octanol–water partition coefficient (Wildman–Crippen LogP) is 2.81. The highest BCUT2D eigenvalue weighted by molar-refractivity contribution is 5.25. The Labute approximate surface area is 116 Å². The summed E-state index contributed by atoms with van der Waals surface area (Å²) in [4.78, 5) is 2.49. The predicted molar refractivity (Wildman–Crippen MR) is 78.3 cm³/mol. The van der Waals surface area contributed by atoms with E-state index < -0.39 is 0 Å². The van der Waals surface area contributed by atoms with E-state index in [-0.39, 0.29) is 6.10 Å². The molecule has 2 unspecified atom stereocenters. The second-order valence-corrected chi connectivity index (χ2v) is 6.53. The van der Waals surface area contributed by atoms with Gasteiger partial charge in [0.15, 0.2) is 0 Å². The van der Waals surface area contributed by atoms with Gasteiger partial charge in [0.1, 0.15) is 0 Å². The van der Waals surface area contributed by atoms with E-state index in [4.69, 9.17) is 0 Å². The zero-order valence-corrected chi connectivity index (χ0v) is 12.0. The van der Waals surface area contributed by atoms with Crippen molar-refractivity contribution in [1.29, 1.82) is 0 Å². The van der Waals surface area contributed by atoms with Crippen LogP contribution in [0, 0.1) is 5.92 Å². The highest BCUT2D eigenvalue weighted by Gasteiger charge is 2.40. The number of aliphatic hydroxyl groups is 1. The maximum atomic E-state index is 10.4. The Hall–Kier alpha value is -0.860. The summed E-state index contributed by atoms with van der Waals surface area (Å²) in [6.07, 6.45) is 3.25. The molecule has 1 aromatic carbocycles. The molecule has 2 nitrogen and oxygen atoms in total. The summed E-state index contributed by atoms with van der Waals surface area (Å²) in [7, 11) is 0. The molecule has 1 aromatic rings. The molecule has 3 heterocycles. The molecule has 0 saturated carbocycles. The minimum absolute atomic E-state index is 0.118. The summed E-state index contributed by atoms with van der Waals surface area (Å²) < 4.78 is 0. The molecule has 3 aliphatic rings. The van der Waals surface area contributed by atoms with E-state index in [2.05, 4.69) is 43.0 Å². The van der Waals surface area contributed by atoms with Gasteiger partial charge in [-0.1, -0.05) is 38.1 Å². The fraction of sp³-hybridized carbons (Fsp3) is 0.647. The van der Waals surface area contributed by atoms with E-state index in [0.29, 0.717) is 17.9 Å². The van der Waals surface area contributed by atoms with Gasteiger partial charge in [0.05, 0.1) is 6.10 Å². The molecule has 0 aliphatic carbocycles. The molecule has 104 valence electrons. The van der Waals surface area contributed by atoms with Crippen LogP contribution in [-0.2, 0) is 6.42 Å². The maximum Gasteiger partial charge on any atom is 0.0727 e. The van der Waals surface area contributed by atoms with Gasteiger partial charge >= 0.3 is 0 Å². The summed E-state index contributed by atoms with van der Waals surface area (Å²) in [5.74, 6) is 1.14. The Morgan fingerprint density at radius 2 is 1.79 bits per heavy atom. The van der Waals surface area contributed by atoms with E-state index in [1.54, 1.807) is 0 Å². The minimum Gasteiger partial charge on any atom is -0.391 e. The molecule has 0 radical (unpaired) electrons. The second kappa shape index (κ2) is 5.26.